The molecule has 1 aromatic heterocycles. The van der Waals surface area contributed by atoms with Gasteiger partial charge in [0.25, 0.3) is 0 Å². The highest BCUT2D eigenvalue weighted by Crippen LogP contribution is 2.40. The summed E-state index contributed by atoms with van der Waals surface area (Å²) < 4.78 is 17.6. The lowest BCUT2D eigenvalue weighted by Crippen LogP contribution is -2.23. The summed E-state index contributed by atoms with van der Waals surface area (Å²) in [6.07, 6.45) is 2.48. The summed E-state index contributed by atoms with van der Waals surface area (Å²) in [5.41, 5.74) is 5.28. The van der Waals surface area contributed by atoms with Crippen LogP contribution in [0, 0.1) is 6.92 Å². The largest absolute Gasteiger partial charge is 0.491 e. The number of benzene rings is 1. The van der Waals surface area contributed by atoms with Crippen LogP contribution in [-0.4, -0.2) is 31.3 Å². The number of methoxy groups -OCH3 is 1. The van der Waals surface area contributed by atoms with Gasteiger partial charge in [0.05, 0.1) is 24.6 Å². The summed E-state index contributed by atoms with van der Waals surface area (Å²) in [7, 11) is 1.67. The highest BCUT2D eigenvalue weighted by atomic mass is 16.7. The predicted octanol–water partition coefficient (Wildman–Crippen LogP) is 4.31. The summed E-state index contributed by atoms with van der Waals surface area (Å²) in [5, 5.41) is 3.44. The van der Waals surface area contributed by atoms with Gasteiger partial charge in [-0.05, 0) is 31.9 Å². The number of ether oxygens (including phenoxy) is 3. The fourth-order valence-corrected chi connectivity index (χ4v) is 3.59. The molecule has 1 aliphatic rings. The van der Waals surface area contributed by atoms with Gasteiger partial charge in [0.15, 0.2) is 6.29 Å². The van der Waals surface area contributed by atoms with Gasteiger partial charge in [-0.15, -0.1) is 0 Å². The highest BCUT2D eigenvalue weighted by Gasteiger charge is 2.31. The van der Waals surface area contributed by atoms with E-state index in [-0.39, 0.29) is 6.29 Å². The Labute approximate surface area is 168 Å². The number of hydrogen-bond donors (Lipinski definition) is 1. The normalized spacial score (nSPS) is 15.8. The summed E-state index contributed by atoms with van der Waals surface area (Å²) in [6.45, 7) is 8.55. The summed E-state index contributed by atoms with van der Waals surface area (Å²) in [5.74, 6) is 0.864. The third-order valence-electron chi connectivity index (χ3n) is 4.95. The second kappa shape index (κ2) is 10.0. The van der Waals surface area contributed by atoms with Gasteiger partial charge in [-0.3, -0.25) is 4.98 Å². The van der Waals surface area contributed by atoms with Gasteiger partial charge in [-0.25, -0.2) is 0 Å². The van der Waals surface area contributed by atoms with Crippen LogP contribution >= 0.6 is 0 Å². The number of aromatic nitrogens is 1. The maximum Gasteiger partial charge on any atom is 0.186 e. The van der Waals surface area contributed by atoms with Crippen LogP contribution in [0.2, 0.25) is 0 Å². The topological polar surface area (TPSA) is 52.6 Å². The van der Waals surface area contributed by atoms with Crippen LogP contribution < -0.4 is 10.1 Å². The van der Waals surface area contributed by atoms with Crippen molar-refractivity contribution in [2.24, 2.45) is 0 Å². The molecule has 152 valence electrons. The number of rotatable bonds is 10. The van der Waals surface area contributed by atoms with E-state index in [0.29, 0.717) is 19.3 Å². The molecule has 0 saturated carbocycles. The van der Waals surface area contributed by atoms with Crippen molar-refractivity contribution in [3.05, 3.63) is 58.4 Å². The standard InChI is InChI=1S/C23H32N2O3/c1-16(2)24-12-8-9-13-27-22-17(3)25-20(14-18-10-6-5-7-11-18)21-19(22)15-28-23(21)26-4/h5-7,10-11,16,23-24H,8-9,12-15H2,1-4H3. The molecule has 3 rings (SSSR count). The lowest BCUT2D eigenvalue weighted by molar-refractivity contribution is -0.118. The molecule has 0 spiro atoms. The predicted molar refractivity (Wildman–Crippen MR) is 111 cm³/mol. The Kier molecular flexibility index (Phi) is 7.43. The Morgan fingerprint density at radius 3 is 2.71 bits per heavy atom. The summed E-state index contributed by atoms with van der Waals surface area (Å²) in [6, 6.07) is 10.9. The number of fused-ring (bicyclic) bond motifs is 1. The van der Waals surface area contributed by atoms with Gasteiger partial charge in [0.2, 0.25) is 0 Å². The Hall–Kier alpha value is -1.95. The van der Waals surface area contributed by atoms with Crippen molar-refractivity contribution in [3.63, 3.8) is 0 Å². The smallest absolute Gasteiger partial charge is 0.186 e. The Morgan fingerprint density at radius 2 is 2.00 bits per heavy atom. The van der Waals surface area contributed by atoms with Crippen molar-refractivity contribution < 1.29 is 14.2 Å². The van der Waals surface area contributed by atoms with Gasteiger partial charge in [-0.1, -0.05) is 44.2 Å². The van der Waals surface area contributed by atoms with Crippen LogP contribution in [0.3, 0.4) is 0 Å². The summed E-state index contributed by atoms with van der Waals surface area (Å²) in [4.78, 5) is 4.88. The highest BCUT2D eigenvalue weighted by molar-refractivity contribution is 5.48. The fraction of sp³-hybridized carbons (Fsp3) is 0.522. The number of hydrogen-bond acceptors (Lipinski definition) is 5. The van der Waals surface area contributed by atoms with Crippen molar-refractivity contribution in [2.75, 3.05) is 20.3 Å². The van der Waals surface area contributed by atoms with Crippen LogP contribution in [0.25, 0.3) is 0 Å². The number of aryl methyl sites for hydroxylation is 1. The molecule has 28 heavy (non-hydrogen) atoms. The first-order valence-electron chi connectivity index (χ1n) is 10.2. The van der Waals surface area contributed by atoms with E-state index in [1.54, 1.807) is 7.11 Å². The quantitative estimate of drug-likeness (QED) is 0.619. The van der Waals surface area contributed by atoms with Crippen LogP contribution in [0.1, 0.15) is 61.1 Å². The van der Waals surface area contributed by atoms with Gasteiger partial charge in [0.1, 0.15) is 5.75 Å². The number of unbranched alkanes of at least 4 members (excludes halogenated alkanes) is 1. The van der Waals surface area contributed by atoms with Crippen molar-refractivity contribution in [1.82, 2.24) is 10.3 Å². The minimum absolute atomic E-state index is 0.376. The van der Waals surface area contributed by atoms with Crippen molar-refractivity contribution in [3.8, 4) is 5.75 Å². The second-order valence-corrected chi connectivity index (χ2v) is 7.57. The number of nitrogens with zero attached hydrogens (tertiary/aromatic N) is 1. The molecule has 1 aliphatic heterocycles. The zero-order valence-electron chi connectivity index (χ0n) is 17.5. The lowest BCUT2D eigenvalue weighted by atomic mass is 10.00. The fourth-order valence-electron chi connectivity index (χ4n) is 3.59. The molecule has 5 nitrogen and oxygen atoms in total. The first-order chi connectivity index (χ1) is 13.6. The minimum atomic E-state index is -0.376. The summed E-state index contributed by atoms with van der Waals surface area (Å²) >= 11 is 0. The van der Waals surface area contributed by atoms with Crippen LogP contribution in [0.15, 0.2) is 30.3 Å². The number of pyridine rings is 1. The lowest BCUT2D eigenvalue weighted by Gasteiger charge is -2.17. The maximum atomic E-state index is 6.16. The van der Waals surface area contributed by atoms with E-state index >= 15 is 0 Å². The molecule has 1 unspecified atom stereocenters. The molecular formula is C23H32N2O3. The molecule has 0 fully saturated rings. The van der Waals surface area contributed by atoms with E-state index in [4.69, 9.17) is 19.2 Å². The molecule has 0 saturated heterocycles. The molecule has 0 amide bonds. The Balaban J connectivity index is 1.74. The number of nitrogens with one attached hydrogen (secondary N) is 1. The monoisotopic (exact) mass is 384 g/mol. The Bertz CT molecular complexity index is 762. The molecule has 0 aliphatic carbocycles. The molecule has 2 aromatic rings. The third-order valence-corrected chi connectivity index (χ3v) is 4.95. The molecule has 1 aromatic carbocycles. The zero-order valence-corrected chi connectivity index (χ0v) is 17.5. The van der Waals surface area contributed by atoms with E-state index < -0.39 is 0 Å². The molecule has 5 heteroatoms. The molecule has 2 heterocycles. The average Bonchev–Trinajstić information content (AvgIpc) is 3.11. The van der Waals surface area contributed by atoms with Gasteiger partial charge >= 0.3 is 0 Å². The van der Waals surface area contributed by atoms with E-state index in [9.17, 15) is 0 Å². The molecule has 1 atom stereocenters. The second-order valence-electron chi connectivity index (χ2n) is 7.57. The van der Waals surface area contributed by atoms with Gasteiger partial charge in [-0.2, -0.15) is 0 Å². The first-order valence-corrected chi connectivity index (χ1v) is 10.2. The van der Waals surface area contributed by atoms with Crippen molar-refractivity contribution in [2.45, 2.75) is 59.0 Å². The van der Waals surface area contributed by atoms with Crippen LogP contribution in [0.4, 0.5) is 0 Å². The van der Waals surface area contributed by atoms with Crippen molar-refractivity contribution in [1.29, 1.82) is 0 Å². The molecule has 1 N–H and O–H groups in total. The van der Waals surface area contributed by atoms with E-state index in [1.165, 1.54) is 5.56 Å². The van der Waals surface area contributed by atoms with Gasteiger partial charge in [0, 0.05) is 30.7 Å². The van der Waals surface area contributed by atoms with E-state index in [0.717, 1.165) is 54.1 Å². The van der Waals surface area contributed by atoms with Crippen LogP contribution in [0.5, 0.6) is 5.75 Å². The maximum absolute atomic E-state index is 6.16. The Morgan fingerprint density at radius 1 is 1.21 bits per heavy atom. The van der Waals surface area contributed by atoms with Gasteiger partial charge < -0.3 is 19.5 Å². The SMILES string of the molecule is COC1OCc2c(OCCCCNC(C)C)c(C)nc(Cc3ccccc3)c21. The zero-order chi connectivity index (χ0) is 19.9. The van der Waals surface area contributed by atoms with Crippen molar-refractivity contribution >= 4 is 0 Å². The van der Waals surface area contributed by atoms with Crippen LogP contribution in [-0.2, 0) is 22.5 Å². The molecular weight excluding hydrogens is 352 g/mol. The molecule has 0 bridgehead atoms. The third kappa shape index (κ3) is 5.10. The average molecular weight is 385 g/mol. The van der Waals surface area contributed by atoms with E-state index in [2.05, 4.69) is 43.4 Å². The molecule has 0 radical (unpaired) electrons. The van der Waals surface area contributed by atoms with E-state index in [1.807, 2.05) is 13.0 Å². The minimum Gasteiger partial charge on any atom is -0.491 e. The first kappa shape index (κ1) is 20.8.